The summed E-state index contributed by atoms with van der Waals surface area (Å²) in [6.45, 7) is 8.07. The van der Waals surface area contributed by atoms with Gasteiger partial charge in [-0.1, -0.05) is 0 Å². The lowest BCUT2D eigenvalue weighted by molar-refractivity contribution is -0.0669. The number of rotatable bonds is 4. The summed E-state index contributed by atoms with van der Waals surface area (Å²) in [6.07, 6.45) is 4.17. The third kappa shape index (κ3) is 4.25. The molecule has 35 heavy (non-hydrogen) atoms. The highest BCUT2D eigenvalue weighted by atomic mass is 32.1. The highest BCUT2D eigenvalue weighted by molar-refractivity contribution is 7.13. The summed E-state index contributed by atoms with van der Waals surface area (Å²) in [5, 5.41) is 16.5. The van der Waals surface area contributed by atoms with Gasteiger partial charge in [0.2, 0.25) is 0 Å². The largest absolute Gasteiger partial charge is 0.385 e. The lowest BCUT2D eigenvalue weighted by Gasteiger charge is -2.36. The molecule has 9 nitrogen and oxygen atoms in total. The topological polar surface area (TPSA) is 94.8 Å². The summed E-state index contributed by atoms with van der Waals surface area (Å²) < 4.78 is 25.2. The number of aliphatic hydroxyl groups is 1. The number of aryl methyl sites for hydroxylation is 1. The van der Waals surface area contributed by atoms with Crippen LogP contribution < -0.4 is 4.90 Å². The number of anilines is 1. The van der Waals surface area contributed by atoms with Gasteiger partial charge in [0.1, 0.15) is 17.0 Å². The second-order valence-corrected chi connectivity index (χ2v) is 10.7. The summed E-state index contributed by atoms with van der Waals surface area (Å²) >= 11 is 1.41. The lowest BCUT2D eigenvalue weighted by Crippen LogP contribution is -2.44. The van der Waals surface area contributed by atoms with E-state index >= 15 is 0 Å². The second-order valence-electron chi connectivity index (χ2n) is 9.93. The molecule has 3 fully saturated rings. The Balaban J connectivity index is 1.52. The first-order valence-corrected chi connectivity index (χ1v) is 13.4. The zero-order valence-corrected chi connectivity index (χ0v) is 21.2. The van der Waals surface area contributed by atoms with Crippen LogP contribution in [0.3, 0.4) is 0 Å². The van der Waals surface area contributed by atoms with Gasteiger partial charge in [0.05, 0.1) is 40.9 Å². The number of hydrogen-bond acceptors (Lipinski definition) is 9. The molecule has 0 saturated carbocycles. The van der Waals surface area contributed by atoms with Gasteiger partial charge in [-0.3, -0.25) is 0 Å². The van der Waals surface area contributed by atoms with E-state index in [-0.39, 0.29) is 12.3 Å². The van der Waals surface area contributed by atoms with Crippen molar-refractivity contribution >= 4 is 27.6 Å². The molecule has 3 aromatic rings. The summed E-state index contributed by atoms with van der Waals surface area (Å²) in [5.41, 5.74) is 3.41. The molecular formula is C25H33N5O4S. The van der Waals surface area contributed by atoms with Crippen LogP contribution in [0.15, 0.2) is 12.1 Å². The van der Waals surface area contributed by atoms with E-state index < -0.39 is 5.60 Å². The van der Waals surface area contributed by atoms with Gasteiger partial charge in [-0.15, -0.1) is 0 Å². The molecule has 6 heterocycles. The van der Waals surface area contributed by atoms with Crippen molar-refractivity contribution in [3.63, 3.8) is 0 Å². The summed E-state index contributed by atoms with van der Waals surface area (Å²) in [4.78, 5) is 7.44. The van der Waals surface area contributed by atoms with Crippen molar-refractivity contribution in [1.29, 1.82) is 0 Å². The van der Waals surface area contributed by atoms with Crippen LogP contribution in [0.4, 0.5) is 5.82 Å². The summed E-state index contributed by atoms with van der Waals surface area (Å²) in [7, 11) is 0. The minimum atomic E-state index is -0.962. The number of aromatic nitrogens is 4. The second kappa shape index (κ2) is 9.40. The molecule has 3 saturated heterocycles. The van der Waals surface area contributed by atoms with Gasteiger partial charge < -0.3 is 24.2 Å². The number of hydrogen-bond donors (Lipinski definition) is 1. The van der Waals surface area contributed by atoms with Crippen molar-refractivity contribution in [2.24, 2.45) is 0 Å². The molecule has 0 radical (unpaired) electrons. The van der Waals surface area contributed by atoms with E-state index in [0.717, 1.165) is 71.1 Å². The Hall–Kier alpha value is -2.11. The predicted molar refractivity (Wildman–Crippen MR) is 134 cm³/mol. The predicted octanol–water partition coefficient (Wildman–Crippen LogP) is 3.79. The molecule has 0 aromatic carbocycles. The Morgan fingerprint density at radius 2 is 1.97 bits per heavy atom. The molecule has 1 N–H and O–H groups in total. The Bertz CT molecular complexity index is 1200. The maximum Gasteiger partial charge on any atom is 0.150 e. The lowest BCUT2D eigenvalue weighted by atomic mass is 9.86. The molecule has 10 heteroatoms. The van der Waals surface area contributed by atoms with Crippen LogP contribution in [-0.4, -0.2) is 69.9 Å². The molecule has 0 aliphatic carbocycles. The summed E-state index contributed by atoms with van der Waals surface area (Å²) in [6, 6.07) is 4.34. The number of pyridine rings is 1. The molecule has 0 bridgehead atoms. The van der Waals surface area contributed by atoms with E-state index in [0.29, 0.717) is 39.3 Å². The monoisotopic (exact) mass is 499 g/mol. The van der Waals surface area contributed by atoms with Crippen LogP contribution in [0.1, 0.15) is 56.5 Å². The van der Waals surface area contributed by atoms with E-state index in [4.69, 9.17) is 28.7 Å². The van der Waals surface area contributed by atoms with Crippen LogP contribution in [0.25, 0.3) is 21.6 Å². The SMILES string of the molecule is Cc1cc(-c2nsc3c(C4(O)CCOCC4)cc(N4CCOC[C@H]4C)nc23)n(C2CCCCO2)n1. The van der Waals surface area contributed by atoms with E-state index in [1.807, 2.05) is 11.6 Å². The van der Waals surface area contributed by atoms with Gasteiger partial charge >= 0.3 is 0 Å². The zero-order chi connectivity index (χ0) is 24.0. The molecular weight excluding hydrogens is 466 g/mol. The third-order valence-electron chi connectivity index (χ3n) is 7.42. The third-order valence-corrected chi connectivity index (χ3v) is 8.29. The minimum absolute atomic E-state index is 0.0919. The highest BCUT2D eigenvalue weighted by Crippen LogP contribution is 2.43. The van der Waals surface area contributed by atoms with Gasteiger partial charge in [0, 0.05) is 44.8 Å². The molecule has 3 aromatic heterocycles. The van der Waals surface area contributed by atoms with E-state index in [1.54, 1.807) is 0 Å². The summed E-state index contributed by atoms with van der Waals surface area (Å²) in [5.74, 6) is 0.862. The van der Waals surface area contributed by atoms with Crippen molar-refractivity contribution in [3.8, 4) is 11.4 Å². The molecule has 188 valence electrons. The Kier molecular flexibility index (Phi) is 6.26. The quantitative estimate of drug-likeness (QED) is 0.580. The van der Waals surface area contributed by atoms with Crippen LogP contribution in [0.2, 0.25) is 0 Å². The van der Waals surface area contributed by atoms with Crippen molar-refractivity contribution in [2.75, 3.05) is 44.5 Å². The fourth-order valence-electron chi connectivity index (χ4n) is 5.44. The number of ether oxygens (including phenoxy) is 3. The van der Waals surface area contributed by atoms with Crippen LogP contribution in [0.5, 0.6) is 0 Å². The zero-order valence-electron chi connectivity index (χ0n) is 20.4. The van der Waals surface area contributed by atoms with Gasteiger partial charge in [0.25, 0.3) is 0 Å². The van der Waals surface area contributed by atoms with Gasteiger partial charge in [-0.25, -0.2) is 9.67 Å². The van der Waals surface area contributed by atoms with Gasteiger partial charge in [-0.2, -0.15) is 9.47 Å². The first-order valence-electron chi connectivity index (χ1n) is 12.7. The fraction of sp³-hybridized carbons (Fsp3) is 0.640. The van der Waals surface area contributed by atoms with E-state index in [1.165, 1.54) is 11.5 Å². The Morgan fingerprint density at radius 3 is 2.74 bits per heavy atom. The van der Waals surface area contributed by atoms with E-state index in [9.17, 15) is 5.11 Å². The molecule has 0 spiro atoms. The van der Waals surface area contributed by atoms with E-state index in [2.05, 4.69) is 24.0 Å². The molecule has 6 rings (SSSR count). The Morgan fingerprint density at radius 1 is 1.11 bits per heavy atom. The molecule has 1 unspecified atom stereocenters. The van der Waals surface area contributed by atoms with Gasteiger partial charge in [-0.05, 0) is 56.8 Å². The smallest absolute Gasteiger partial charge is 0.150 e. The minimum Gasteiger partial charge on any atom is -0.385 e. The maximum absolute atomic E-state index is 11.8. The highest BCUT2D eigenvalue weighted by Gasteiger charge is 2.37. The average molecular weight is 500 g/mol. The first kappa shape index (κ1) is 23.3. The number of nitrogens with zero attached hydrogens (tertiary/aromatic N) is 5. The maximum atomic E-state index is 11.8. The van der Waals surface area contributed by atoms with Crippen molar-refractivity contribution < 1.29 is 19.3 Å². The number of morpholine rings is 1. The van der Waals surface area contributed by atoms with Crippen LogP contribution >= 0.6 is 11.5 Å². The normalized spacial score (nSPS) is 25.3. The molecule has 3 aliphatic heterocycles. The first-order chi connectivity index (χ1) is 17.0. The van der Waals surface area contributed by atoms with Crippen molar-refractivity contribution in [3.05, 3.63) is 23.4 Å². The standard InChI is InChI=1S/C25H33N5O4S/c1-16-13-19(30(27-16)21-5-3-4-9-34-21)22-23-24(35-28-22)18(25(31)6-10-32-11-7-25)14-20(26-23)29-8-12-33-15-17(29)2/h13-14,17,21,31H,3-12,15H2,1-2H3/t17-,21?/m1/s1. The fourth-order valence-corrected chi connectivity index (χ4v) is 6.38. The van der Waals surface area contributed by atoms with Crippen molar-refractivity contribution in [2.45, 2.75) is 63.8 Å². The Labute approximate surface area is 209 Å². The van der Waals surface area contributed by atoms with Crippen LogP contribution in [0, 0.1) is 6.92 Å². The van der Waals surface area contributed by atoms with Gasteiger partial charge in [0.15, 0.2) is 6.23 Å². The molecule has 2 atom stereocenters. The molecule has 0 amide bonds. The molecule has 3 aliphatic rings. The van der Waals surface area contributed by atoms with Crippen LogP contribution in [-0.2, 0) is 19.8 Å². The van der Waals surface area contributed by atoms with Crippen molar-refractivity contribution in [1.82, 2.24) is 19.1 Å². The average Bonchev–Trinajstić information content (AvgIpc) is 3.48. The number of fused-ring (bicyclic) bond motifs is 1.